The summed E-state index contributed by atoms with van der Waals surface area (Å²) in [7, 11) is 0. The van der Waals surface area contributed by atoms with Crippen LogP contribution in [0.1, 0.15) is 25.1 Å². The van der Waals surface area contributed by atoms with Gasteiger partial charge in [-0.25, -0.2) is 4.98 Å². The maximum Gasteiger partial charge on any atom is 0.249 e. The van der Waals surface area contributed by atoms with Crippen LogP contribution in [0.4, 0.5) is 5.13 Å². The molecule has 0 spiro atoms. The molecule has 0 bridgehead atoms. The average molecular weight is 282 g/mol. The van der Waals surface area contributed by atoms with Crippen molar-refractivity contribution in [3.63, 3.8) is 0 Å². The number of hydrogen-bond donors (Lipinski definition) is 2. The molecule has 0 radical (unpaired) electrons. The Morgan fingerprint density at radius 2 is 2.37 bits per heavy atom. The van der Waals surface area contributed by atoms with E-state index in [0.29, 0.717) is 0 Å². The van der Waals surface area contributed by atoms with E-state index in [1.165, 1.54) is 11.3 Å². The summed E-state index contributed by atoms with van der Waals surface area (Å²) in [6.07, 6.45) is 2.88. The SMILES string of the molecule is CCCNCc1cnc(N2CC(=O)NC(=O)C2C)s1. The van der Waals surface area contributed by atoms with Crippen molar-refractivity contribution in [2.75, 3.05) is 18.0 Å². The molecule has 1 aromatic rings. The summed E-state index contributed by atoms with van der Waals surface area (Å²) >= 11 is 1.52. The number of amides is 2. The molecule has 2 N–H and O–H groups in total. The fourth-order valence-electron chi connectivity index (χ4n) is 1.85. The molecule has 0 aromatic carbocycles. The predicted molar refractivity (Wildman–Crippen MR) is 74.1 cm³/mol. The van der Waals surface area contributed by atoms with E-state index in [-0.39, 0.29) is 24.4 Å². The van der Waals surface area contributed by atoms with Gasteiger partial charge in [0.25, 0.3) is 0 Å². The van der Waals surface area contributed by atoms with E-state index in [1.54, 1.807) is 18.0 Å². The summed E-state index contributed by atoms with van der Waals surface area (Å²) in [4.78, 5) is 30.2. The highest BCUT2D eigenvalue weighted by atomic mass is 32.1. The van der Waals surface area contributed by atoms with E-state index in [1.807, 2.05) is 0 Å². The molecule has 1 aromatic heterocycles. The molecule has 1 saturated heterocycles. The van der Waals surface area contributed by atoms with Crippen LogP contribution in [0.3, 0.4) is 0 Å². The highest BCUT2D eigenvalue weighted by Crippen LogP contribution is 2.25. The lowest BCUT2D eigenvalue weighted by atomic mass is 10.2. The van der Waals surface area contributed by atoms with Crippen molar-refractivity contribution in [1.29, 1.82) is 0 Å². The zero-order valence-electron chi connectivity index (χ0n) is 11.1. The van der Waals surface area contributed by atoms with E-state index >= 15 is 0 Å². The molecule has 104 valence electrons. The Hall–Kier alpha value is -1.47. The van der Waals surface area contributed by atoms with Gasteiger partial charge in [0.05, 0.1) is 0 Å². The number of aromatic nitrogens is 1. The van der Waals surface area contributed by atoms with E-state index in [9.17, 15) is 9.59 Å². The molecule has 6 nitrogen and oxygen atoms in total. The van der Waals surface area contributed by atoms with Gasteiger partial charge in [0.2, 0.25) is 11.8 Å². The molecule has 19 heavy (non-hydrogen) atoms. The van der Waals surface area contributed by atoms with Crippen LogP contribution in [0, 0.1) is 0 Å². The lowest BCUT2D eigenvalue weighted by Gasteiger charge is -2.31. The van der Waals surface area contributed by atoms with Crippen molar-refractivity contribution >= 4 is 28.3 Å². The molecule has 1 atom stereocenters. The molecule has 1 aliphatic heterocycles. The van der Waals surface area contributed by atoms with Crippen LogP contribution in [0.5, 0.6) is 0 Å². The molecule has 1 aliphatic rings. The number of rotatable bonds is 5. The van der Waals surface area contributed by atoms with Crippen molar-refractivity contribution in [2.45, 2.75) is 32.9 Å². The first-order valence-electron chi connectivity index (χ1n) is 6.37. The van der Waals surface area contributed by atoms with Crippen molar-refractivity contribution in [3.8, 4) is 0 Å². The zero-order chi connectivity index (χ0) is 13.8. The Morgan fingerprint density at radius 3 is 3.11 bits per heavy atom. The standard InChI is InChI=1S/C12H18N4O2S/c1-3-4-13-5-9-6-14-12(19-9)16-7-10(17)15-11(18)8(16)2/h6,8,13H,3-5,7H2,1-2H3,(H,15,17,18). The van der Waals surface area contributed by atoms with E-state index in [2.05, 4.69) is 22.5 Å². The number of hydrogen-bond acceptors (Lipinski definition) is 6. The smallest absolute Gasteiger partial charge is 0.249 e. The molecule has 2 amide bonds. The van der Waals surface area contributed by atoms with Crippen LogP contribution in [-0.2, 0) is 16.1 Å². The maximum absolute atomic E-state index is 11.6. The minimum Gasteiger partial charge on any atom is -0.327 e. The Kier molecular flexibility index (Phi) is 4.49. The second-order valence-corrected chi connectivity index (χ2v) is 5.60. The number of anilines is 1. The van der Waals surface area contributed by atoms with E-state index in [4.69, 9.17) is 0 Å². The molecule has 0 aliphatic carbocycles. The first-order chi connectivity index (χ1) is 9.11. The topological polar surface area (TPSA) is 74.3 Å². The van der Waals surface area contributed by atoms with Crippen LogP contribution < -0.4 is 15.5 Å². The fourth-order valence-corrected chi connectivity index (χ4v) is 2.81. The summed E-state index contributed by atoms with van der Waals surface area (Å²) in [5.74, 6) is -0.541. The lowest BCUT2D eigenvalue weighted by Crippen LogP contribution is -2.57. The number of thiazole rings is 1. The summed E-state index contributed by atoms with van der Waals surface area (Å²) in [6.45, 7) is 5.81. The predicted octanol–water partition coefficient (Wildman–Crippen LogP) is 0.494. The van der Waals surface area contributed by atoms with Gasteiger partial charge in [-0.15, -0.1) is 11.3 Å². The minimum atomic E-state index is -0.361. The van der Waals surface area contributed by atoms with Crippen molar-refractivity contribution in [3.05, 3.63) is 11.1 Å². The van der Waals surface area contributed by atoms with Crippen molar-refractivity contribution < 1.29 is 9.59 Å². The number of carbonyl (C=O) groups is 2. The van der Waals surface area contributed by atoms with Gasteiger partial charge in [0, 0.05) is 17.6 Å². The number of imide groups is 1. The number of nitrogens with one attached hydrogen (secondary N) is 2. The molecule has 2 heterocycles. The quantitative estimate of drug-likeness (QED) is 0.607. The third-order valence-corrected chi connectivity index (χ3v) is 3.97. The maximum atomic E-state index is 11.6. The van der Waals surface area contributed by atoms with Gasteiger partial charge in [-0.2, -0.15) is 0 Å². The molecular formula is C12H18N4O2S. The third-order valence-electron chi connectivity index (χ3n) is 2.94. The summed E-state index contributed by atoms with van der Waals surface area (Å²) in [6, 6.07) is -0.361. The van der Waals surface area contributed by atoms with E-state index in [0.717, 1.165) is 29.5 Å². The normalized spacial score (nSPS) is 19.7. The minimum absolute atomic E-state index is 0.183. The Morgan fingerprint density at radius 1 is 1.58 bits per heavy atom. The number of nitrogens with zero attached hydrogens (tertiary/aromatic N) is 2. The van der Waals surface area contributed by atoms with Crippen LogP contribution in [-0.4, -0.2) is 35.9 Å². The molecule has 1 fully saturated rings. The van der Waals surface area contributed by atoms with Crippen molar-refractivity contribution in [1.82, 2.24) is 15.6 Å². The van der Waals surface area contributed by atoms with E-state index < -0.39 is 0 Å². The van der Waals surface area contributed by atoms with Crippen molar-refractivity contribution in [2.24, 2.45) is 0 Å². The molecule has 0 saturated carbocycles. The first kappa shape index (κ1) is 14.0. The van der Waals surface area contributed by atoms with Gasteiger partial charge in [-0.1, -0.05) is 6.92 Å². The van der Waals surface area contributed by atoms with Gasteiger partial charge in [-0.3, -0.25) is 14.9 Å². The highest BCUT2D eigenvalue weighted by molar-refractivity contribution is 7.15. The summed E-state index contributed by atoms with van der Waals surface area (Å²) in [5, 5.41) is 6.35. The summed E-state index contributed by atoms with van der Waals surface area (Å²) in [5.41, 5.74) is 0. The number of carbonyl (C=O) groups excluding carboxylic acids is 2. The van der Waals surface area contributed by atoms with Crippen LogP contribution in [0.15, 0.2) is 6.20 Å². The largest absolute Gasteiger partial charge is 0.327 e. The zero-order valence-corrected chi connectivity index (χ0v) is 11.9. The summed E-state index contributed by atoms with van der Waals surface area (Å²) < 4.78 is 0. The Labute approximate surface area is 116 Å². The molecule has 1 unspecified atom stereocenters. The van der Waals surface area contributed by atoms with Crippen LogP contribution >= 0.6 is 11.3 Å². The monoisotopic (exact) mass is 282 g/mol. The third kappa shape index (κ3) is 3.30. The highest BCUT2D eigenvalue weighted by Gasteiger charge is 2.31. The second-order valence-electron chi connectivity index (χ2n) is 4.50. The van der Waals surface area contributed by atoms with Gasteiger partial charge in [0.1, 0.15) is 12.6 Å². The second kappa shape index (κ2) is 6.12. The Bertz CT molecular complexity index is 474. The van der Waals surface area contributed by atoms with Gasteiger partial charge in [0.15, 0.2) is 5.13 Å². The molecular weight excluding hydrogens is 264 g/mol. The van der Waals surface area contributed by atoms with Gasteiger partial charge >= 0.3 is 0 Å². The molecule has 7 heteroatoms. The van der Waals surface area contributed by atoms with Crippen LogP contribution in [0.25, 0.3) is 0 Å². The molecule has 2 rings (SSSR count). The fraction of sp³-hybridized carbons (Fsp3) is 0.583. The first-order valence-corrected chi connectivity index (χ1v) is 7.19. The lowest BCUT2D eigenvalue weighted by molar-refractivity contribution is -0.132. The Balaban J connectivity index is 2.04. The number of piperazine rings is 1. The van der Waals surface area contributed by atoms with Gasteiger partial charge in [-0.05, 0) is 19.9 Å². The van der Waals surface area contributed by atoms with Gasteiger partial charge < -0.3 is 10.2 Å². The average Bonchev–Trinajstić information content (AvgIpc) is 2.83. The van der Waals surface area contributed by atoms with Crippen LogP contribution in [0.2, 0.25) is 0 Å².